The second-order valence-corrected chi connectivity index (χ2v) is 6.22. The van der Waals surface area contributed by atoms with E-state index in [0.29, 0.717) is 5.92 Å². The highest BCUT2D eigenvalue weighted by atomic mass is 16.4. The highest BCUT2D eigenvalue weighted by Gasteiger charge is 2.26. The molecule has 1 aliphatic carbocycles. The molecule has 0 amide bonds. The summed E-state index contributed by atoms with van der Waals surface area (Å²) in [6.07, 6.45) is 6.69. The molecule has 0 saturated heterocycles. The lowest BCUT2D eigenvalue weighted by molar-refractivity contribution is -0.143. The van der Waals surface area contributed by atoms with Gasteiger partial charge in [-0.1, -0.05) is 6.07 Å². The monoisotopic (exact) mass is 287 g/mol. The number of aryl methyl sites for hydroxylation is 2. The average molecular weight is 287 g/mol. The lowest BCUT2D eigenvalue weighted by atomic mass is 9.79. The number of rotatable bonds is 3. The molecule has 0 unspecified atom stereocenters. The van der Waals surface area contributed by atoms with Gasteiger partial charge in [0.05, 0.1) is 5.92 Å². The Bertz CT molecular complexity index is 669. The van der Waals surface area contributed by atoms with Gasteiger partial charge in [-0.05, 0) is 63.0 Å². The summed E-state index contributed by atoms with van der Waals surface area (Å²) in [5, 5.41) is 13.4. The van der Waals surface area contributed by atoms with E-state index in [1.807, 2.05) is 11.4 Å². The summed E-state index contributed by atoms with van der Waals surface area (Å²) < 4.78 is 1.86. The van der Waals surface area contributed by atoms with Crippen LogP contribution in [0.3, 0.4) is 0 Å². The third-order valence-corrected chi connectivity index (χ3v) is 4.50. The van der Waals surface area contributed by atoms with Crippen LogP contribution in [0.25, 0.3) is 5.65 Å². The van der Waals surface area contributed by atoms with E-state index in [1.54, 1.807) is 0 Å². The summed E-state index contributed by atoms with van der Waals surface area (Å²) in [4.78, 5) is 15.4. The van der Waals surface area contributed by atoms with Crippen LogP contribution in [0.2, 0.25) is 0 Å². The molecule has 2 aromatic rings. The van der Waals surface area contributed by atoms with Gasteiger partial charge >= 0.3 is 5.97 Å². The fourth-order valence-corrected chi connectivity index (χ4v) is 3.38. The Hall–Kier alpha value is -1.91. The molecule has 112 valence electrons. The SMILES string of the molecule is Cc1nc2c(C)cc(CC3CCC(C(=O)O)CC3)cn2n1. The number of carbonyl (C=O) groups is 1. The molecule has 0 atom stereocenters. The van der Waals surface area contributed by atoms with E-state index in [-0.39, 0.29) is 5.92 Å². The fraction of sp³-hybridized carbons (Fsp3) is 0.562. The first-order valence-corrected chi connectivity index (χ1v) is 7.58. The first kappa shape index (κ1) is 14.0. The normalized spacial score (nSPS) is 22.6. The zero-order chi connectivity index (χ0) is 15.0. The number of carboxylic acid groups (broad SMARTS) is 1. The van der Waals surface area contributed by atoms with Crippen molar-refractivity contribution in [3.63, 3.8) is 0 Å². The Morgan fingerprint density at radius 2 is 2.05 bits per heavy atom. The second kappa shape index (κ2) is 5.47. The van der Waals surface area contributed by atoms with Crippen LogP contribution >= 0.6 is 0 Å². The van der Waals surface area contributed by atoms with E-state index in [9.17, 15) is 4.79 Å². The van der Waals surface area contributed by atoms with Gasteiger partial charge in [0.2, 0.25) is 0 Å². The minimum atomic E-state index is -0.635. The van der Waals surface area contributed by atoms with Gasteiger partial charge in [0.25, 0.3) is 0 Å². The third kappa shape index (κ3) is 2.91. The van der Waals surface area contributed by atoms with Gasteiger partial charge in [0.15, 0.2) is 5.65 Å². The first-order chi connectivity index (χ1) is 10.0. The summed E-state index contributed by atoms with van der Waals surface area (Å²) in [5.74, 6) is 0.603. The molecular weight excluding hydrogens is 266 g/mol. The van der Waals surface area contributed by atoms with E-state index in [1.165, 1.54) is 5.56 Å². The number of aromatic nitrogens is 3. The van der Waals surface area contributed by atoms with Crippen LogP contribution in [0.15, 0.2) is 12.3 Å². The molecule has 1 aliphatic rings. The van der Waals surface area contributed by atoms with E-state index in [4.69, 9.17) is 5.11 Å². The van der Waals surface area contributed by atoms with Crippen LogP contribution in [0.4, 0.5) is 0 Å². The van der Waals surface area contributed by atoms with Crippen LogP contribution in [0, 0.1) is 25.7 Å². The maximum Gasteiger partial charge on any atom is 0.306 e. The predicted molar refractivity (Wildman–Crippen MR) is 79.2 cm³/mol. The molecule has 21 heavy (non-hydrogen) atoms. The molecule has 0 radical (unpaired) electrons. The van der Waals surface area contributed by atoms with E-state index < -0.39 is 5.97 Å². The van der Waals surface area contributed by atoms with Crippen molar-refractivity contribution in [1.29, 1.82) is 0 Å². The molecule has 0 spiro atoms. The Morgan fingerprint density at radius 1 is 1.33 bits per heavy atom. The molecule has 5 heteroatoms. The van der Waals surface area contributed by atoms with Crippen molar-refractivity contribution in [3.8, 4) is 0 Å². The van der Waals surface area contributed by atoms with E-state index in [2.05, 4.69) is 29.3 Å². The van der Waals surface area contributed by atoms with Crippen molar-refractivity contribution in [3.05, 3.63) is 29.2 Å². The zero-order valence-corrected chi connectivity index (χ0v) is 12.5. The number of hydrogen-bond acceptors (Lipinski definition) is 3. The molecule has 1 saturated carbocycles. The number of hydrogen-bond donors (Lipinski definition) is 1. The largest absolute Gasteiger partial charge is 0.481 e. The smallest absolute Gasteiger partial charge is 0.306 e. The number of fused-ring (bicyclic) bond motifs is 1. The zero-order valence-electron chi connectivity index (χ0n) is 12.5. The molecule has 0 aliphatic heterocycles. The Balaban J connectivity index is 1.72. The highest BCUT2D eigenvalue weighted by Crippen LogP contribution is 2.31. The lowest BCUT2D eigenvalue weighted by Crippen LogP contribution is -2.22. The fourth-order valence-electron chi connectivity index (χ4n) is 3.38. The third-order valence-electron chi connectivity index (χ3n) is 4.50. The van der Waals surface area contributed by atoms with Crippen LogP contribution in [0.5, 0.6) is 0 Å². The number of nitrogens with zero attached hydrogens (tertiary/aromatic N) is 3. The maximum atomic E-state index is 11.0. The van der Waals surface area contributed by atoms with Gasteiger partial charge < -0.3 is 5.11 Å². The maximum absolute atomic E-state index is 11.0. The van der Waals surface area contributed by atoms with Crippen LogP contribution in [0.1, 0.15) is 42.6 Å². The van der Waals surface area contributed by atoms with Gasteiger partial charge in [-0.15, -0.1) is 0 Å². The van der Waals surface area contributed by atoms with Crippen LogP contribution < -0.4 is 0 Å². The summed E-state index contributed by atoms with van der Waals surface area (Å²) in [5.41, 5.74) is 3.34. The molecule has 1 fully saturated rings. The molecular formula is C16H21N3O2. The first-order valence-electron chi connectivity index (χ1n) is 7.58. The Kier molecular flexibility index (Phi) is 3.66. The molecule has 5 nitrogen and oxygen atoms in total. The second-order valence-electron chi connectivity index (χ2n) is 6.22. The van der Waals surface area contributed by atoms with Crippen molar-refractivity contribution in [2.45, 2.75) is 46.0 Å². The molecule has 0 bridgehead atoms. The van der Waals surface area contributed by atoms with Gasteiger partial charge in [-0.3, -0.25) is 4.79 Å². The summed E-state index contributed by atoms with van der Waals surface area (Å²) in [7, 11) is 0. The lowest BCUT2D eigenvalue weighted by Gasteiger charge is -2.26. The topological polar surface area (TPSA) is 67.5 Å². The van der Waals surface area contributed by atoms with Crippen molar-refractivity contribution < 1.29 is 9.90 Å². The number of carboxylic acids is 1. The summed E-state index contributed by atoms with van der Waals surface area (Å²) in [6.45, 7) is 3.97. The minimum absolute atomic E-state index is 0.136. The standard InChI is InChI=1S/C16H21N3O2/c1-10-7-13(9-19-15(10)17-11(2)18-19)8-12-3-5-14(6-4-12)16(20)21/h7,9,12,14H,3-6,8H2,1-2H3,(H,20,21). The summed E-state index contributed by atoms with van der Waals surface area (Å²) >= 11 is 0. The molecule has 2 heterocycles. The quantitative estimate of drug-likeness (QED) is 0.942. The summed E-state index contributed by atoms with van der Waals surface area (Å²) in [6, 6.07) is 2.19. The van der Waals surface area contributed by atoms with Crippen LogP contribution in [-0.4, -0.2) is 25.7 Å². The average Bonchev–Trinajstić information content (AvgIpc) is 2.80. The van der Waals surface area contributed by atoms with Gasteiger partial charge in [-0.25, -0.2) is 9.50 Å². The molecule has 1 N–H and O–H groups in total. The number of aliphatic carboxylic acids is 1. The number of pyridine rings is 1. The highest BCUT2D eigenvalue weighted by molar-refractivity contribution is 5.70. The molecule has 3 rings (SSSR count). The van der Waals surface area contributed by atoms with Crippen molar-refractivity contribution >= 4 is 11.6 Å². The molecule has 0 aromatic carbocycles. The Morgan fingerprint density at radius 3 is 2.71 bits per heavy atom. The van der Waals surface area contributed by atoms with Gasteiger partial charge in [0.1, 0.15) is 5.82 Å². The van der Waals surface area contributed by atoms with Crippen molar-refractivity contribution in [2.24, 2.45) is 11.8 Å². The van der Waals surface area contributed by atoms with E-state index >= 15 is 0 Å². The van der Waals surface area contributed by atoms with Gasteiger partial charge in [0, 0.05) is 6.20 Å². The van der Waals surface area contributed by atoms with Crippen molar-refractivity contribution in [1.82, 2.24) is 14.6 Å². The predicted octanol–water partition coefficient (Wildman–Crippen LogP) is 2.78. The van der Waals surface area contributed by atoms with Crippen molar-refractivity contribution in [2.75, 3.05) is 0 Å². The van der Waals surface area contributed by atoms with Gasteiger partial charge in [-0.2, -0.15) is 5.10 Å². The van der Waals surface area contributed by atoms with Crippen LogP contribution in [-0.2, 0) is 11.2 Å². The van der Waals surface area contributed by atoms with E-state index in [0.717, 1.165) is 49.1 Å². The Labute approximate surface area is 124 Å². The minimum Gasteiger partial charge on any atom is -0.481 e. The molecule has 2 aromatic heterocycles.